The molecular weight excluding hydrogens is 263 g/mol. The average Bonchev–Trinajstić information content (AvgIpc) is 2.22. The van der Waals surface area contributed by atoms with Crippen LogP contribution in [0.25, 0.3) is 0 Å². The van der Waals surface area contributed by atoms with E-state index >= 15 is 0 Å². The van der Waals surface area contributed by atoms with E-state index in [1.165, 1.54) is 6.07 Å². The van der Waals surface area contributed by atoms with E-state index in [2.05, 4.69) is 15.9 Å². The van der Waals surface area contributed by atoms with Crippen molar-refractivity contribution < 1.29 is 13.9 Å². The molecule has 1 aromatic carbocycles. The Morgan fingerprint density at radius 2 is 2.27 bits per heavy atom. The SMILES string of the molecule is CCOc1ccc(CC(=O)CBr)c(F)c1. The van der Waals surface area contributed by atoms with E-state index in [0.29, 0.717) is 17.9 Å². The van der Waals surface area contributed by atoms with Crippen molar-refractivity contribution in [3.63, 3.8) is 0 Å². The van der Waals surface area contributed by atoms with Crippen molar-refractivity contribution in [1.82, 2.24) is 0 Å². The minimum atomic E-state index is -0.393. The number of alkyl halides is 1. The fraction of sp³-hybridized carbons (Fsp3) is 0.364. The van der Waals surface area contributed by atoms with E-state index in [1.54, 1.807) is 12.1 Å². The first-order chi connectivity index (χ1) is 7.17. The first-order valence-electron chi connectivity index (χ1n) is 4.66. The molecule has 0 fully saturated rings. The highest BCUT2D eigenvalue weighted by atomic mass is 79.9. The molecule has 0 radical (unpaired) electrons. The van der Waals surface area contributed by atoms with Gasteiger partial charge in [-0.1, -0.05) is 22.0 Å². The Morgan fingerprint density at radius 1 is 1.53 bits per heavy atom. The van der Waals surface area contributed by atoms with Gasteiger partial charge >= 0.3 is 0 Å². The van der Waals surface area contributed by atoms with Crippen molar-refractivity contribution in [2.75, 3.05) is 11.9 Å². The second-order valence-corrected chi connectivity index (χ2v) is 3.60. The lowest BCUT2D eigenvalue weighted by Gasteiger charge is -2.05. The van der Waals surface area contributed by atoms with Gasteiger partial charge in [-0.15, -0.1) is 0 Å². The number of ether oxygens (including phenoxy) is 1. The van der Waals surface area contributed by atoms with Crippen LogP contribution in [0.3, 0.4) is 0 Å². The van der Waals surface area contributed by atoms with Gasteiger partial charge in [0.15, 0.2) is 0 Å². The monoisotopic (exact) mass is 274 g/mol. The molecule has 0 spiro atoms. The van der Waals surface area contributed by atoms with E-state index in [-0.39, 0.29) is 17.5 Å². The zero-order chi connectivity index (χ0) is 11.3. The molecule has 0 unspecified atom stereocenters. The lowest BCUT2D eigenvalue weighted by molar-refractivity contribution is -0.115. The minimum Gasteiger partial charge on any atom is -0.494 e. The number of carbonyl (C=O) groups excluding carboxylic acids is 1. The van der Waals surface area contributed by atoms with Gasteiger partial charge < -0.3 is 4.74 Å². The van der Waals surface area contributed by atoms with E-state index in [9.17, 15) is 9.18 Å². The molecule has 4 heteroatoms. The van der Waals surface area contributed by atoms with E-state index in [4.69, 9.17) is 4.74 Å². The highest BCUT2D eigenvalue weighted by molar-refractivity contribution is 9.09. The summed E-state index contributed by atoms with van der Waals surface area (Å²) in [6.45, 7) is 2.33. The highest BCUT2D eigenvalue weighted by Gasteiger charge is 2.08. The third-order valence-electron chi connectivity index (χ3n) is 1.87. The minimum absolute atomic E-state index is 0.0435. The normalized spacial score (nSPS) is 10.1. The van der Waals surface area contributed by atoms with Gasteiger partial charge in [-0.3, -0.25) is 4.79 Å². The van der Waals surface area contributed by atoms with Crippen molar-refractivity contribution in [1.29, 1.82) is 0 Å². The molecule has 0 aliphatic heterocycles. The molecule has 0 aliphatic carbocycles. The van der Waals surface area contributed by atoms with Crippen molar-refractivity contribution >= 4 is 21.7 Å². The fourth-order valence-electron chi connectivity index (χ4n) is 1.19. The summed E-state index contributed by atoms with van der Waals surface area (Å²) in [5, 5.41) is 0.250. The third-order valence-corrected chi connectivity index (χ3v) is 2.50. The topological polar surface area (TPSA) is 26.3 Å². The molecule has 0 amide bonds. The van der Waals surface area contributed by atoms with Crippen LogP contribution in [0.1, 0.15) is 12.5 Å². The second-order valence-electron chi connectivity index (χ2n) is 3.04. The van der Waals surface area contributed by atoms with E-state index in [0.717, 1.165) is 0 Å². The Bertz CT molecular complexity index is 352. The Hall–Kier alpha value is -0.900. The van der Waals surface area contributed by atoms with Gasteiger partial charge in [0.2, 0.25) is 0 Å². The zero-order valence-electron chi connectivity index (χ0n) is 8.43. The van der Waals surface area contributed by atoms with E-state index < -0.39 is 5.82 Å². The highest BCUT2D eigenvalue weighted by Crippen LogP contribution is 2.17. The van der Waals surface area contributed by atoms with Crippen LogP contribution >= 0.6 is 15.9 Å². The Kier molecular flexibility index (Phi) is 4.75. The summed E-state index contributed by atoms with van der Waals surface area (Å²) >= 11 is 3.04. The number of benzene rings is 1. The molecule has 0 atom stereocenters. The average molecular weight is 275 g/mol. The summed E-state index contributed by atoms with van der Waals surface area (Å²) in [4.78, 5) is 11.1. The van der Waals surface area contributed by atoms with Gasteiger partial charge in [-0.05, 0) is 18.6 Å². The van der Waals surface area contributed by atoms with Crippen LogP contribution in [0.2, 0.25) is 0 Å². The maximum atomic E-state index is 13.4. The molecule has 0 bridgehead atoms. The predicted molar refractivity (Wildman–Crippen MR) is 60.1 cm³/mol. The predicted octanol–water partition coefficient (Wildman–Crippen LogP) is 2.73. The number of ketones is 1. The van der Waals surface area contributed by atoms with Gasteiger partial charge in [0.05, 0.1) is 11.9 Å². The van der Waals surface area contributed by atoms with Crippen molar-refractivity contribution in [3.05, 3.63) is 29.6 Å². The van der Waals surface area contributed by atoms with Crippen LogP contribution < -0.4 is 4.74 Å². The second kappa shape index (κ2) is 5.85. The van der Waals surface area contributed by atoms with Gasteiger partial charge in [-0.2, -0.15) is 0 Å². The number of Topliss-reactive ketones (excluding diaryl/α,β-unsaturated/α-hetero) is 1. The zero-order valence-corrected chi connectivity index (χ0v) is 10.0. The molecule has 2 nitrogen and oxygen atoms in total. The molecule has 82 valence electrons. The van der Waals surface area contributed by atoms with Crippen LogP contribution in [0, 0.1) is 5.82 Å². The molecule has 0 N–H and O–H groups in total. The fourth-order valence-corrected chi connectivity index (χ4v) is 1.39. The van der Waals surface area contributed by atoms with Gasteiger partial charge in [-0.25, -0.2) is 4.39 Å². The Morgan fingerprint density at radius 3 is 2.80 bits per heavy atom. The summed E-state index contributed by atoms with van der Waals surface area (Å²) in [5.74, 6) is 0.0540. The van der Waals surface area contributed by atoms with Crippen LogP contribution in [-0.4, -0.2) is 17.7 Å². The molecular formula is C11H12BrFO2. The standard InChI is InChI=1S/C11H12BrFO2/c1-2-15-10-4-3-8(11(13)6-10)5-9(14)7-12/h3-4,6H,2,5,7H2,1H3. The van der Waals surface area contributed by atoms with Gasteiger partial charge in [0.1, 0.15) is 17.3 Å². The van der Waals surface area contributed by atoms with Gasteiger partial charge in [0, 0.05) is 12.5 Å². The Balaban J connectivity index is 2.78. The molecule has 0 heterocycles. The van der Waals surface area contributed by atoms with Crippen molar-refractivity contribution in [3.8, 4) is 5.75 Å². The lowest BCUT2D eigenvalue weighted by atomic mass is 10.1. The lowest BCUT2D eigenvalue weighted by Crippen LogP contribution is -2.05. The van der Waals surface area contributed by atoms with E-state index in [1.807, 2.05) is 6.92 Å². The quantitative estimate of drug-likeness (QED) is 0.772. The number of hydrogen-bond donors (Lipinski definition) is 0. The van der Waals surface area contributed by atoms with Crippen LogP contribution in [0.5, 0.6) is 5.75 Å². The molecule has 0 aliphatic rings. The largest absolute Gasteiger partial charge is 0.494 e. The number of hydrogen-bond acceptors (Lipinski definition) is 2. The van der Waals surface area contributed by atoms with Crippen LogP contribution in [-0.2, 0) is 11.2 Å². The molecule has 0 saturated heterocycles. The molecule has 1 rings (SSSR count). The molecule has 0 saturated carbocycles. The van der Waals surface area contributed by atoms with Crippen molar-refractivity contribution in [2.24, 2.45) is 0 Å². The molecule has 0 aromatic heterocycles. The summed E-state index contributed by atoms with van der Waals surface area (Å²) in [6.07, 6.45) is 0.115. The summed E-state index contributed by atoms with van der Waals surface area (Å²) in [6, 6.07) is 4.56. The number of rotatable bonds is 5. The van der Waals surface area contributed by atoms with Gasteiger partial charge in [0.25, 0.3) is 0 Å². The Labute approximate surface area is 96.6 Å². The molecule has 1 aromatic rings. The first kappa shape index (κ1) is 12.2. The summed E-state index contributed by atoms with van der Waals surface area (Å²) in [5.41, 5.74) is 0.405. The van der Waals surface area contributed by atoms with Crippen LogP contribution in [0.15, 0.2) is 18.2 Å². The summed E-state index contributed by atoms with van der Waals surface area (Å²) < 4.78 is 18.6. The number of carbonyl (C=O) groups is 1. The molecule has 15 heavy (non-hydrogen) atoms. The summed E-state index contributed by atoms with van der Waals surface area (Å²) in [7, 11) is 0. The maximum absolute atomic E-state index is 13.4. The third kappa shape index (κ3) is 3.63. The number of halogens is 2. The maximum Gasteiger partial charge on any atom is 0.147 e. The van der Waals surface area contributed by atoms with Crippen molar-refractivity contribution in [2.45, 2.75) is 13.3 Å². The smallest absolute Gasteiger partial charge is 0.147 e. The first-order valence-corrected chi connectivity index (χ1v) is 5.78. The van der Waals surface area contributed by atoms with Crippen LogP contribution in [0.4, 0.5) is 4.39 Å².